The molecule has 0 N–H and O–H groups in total. The third-order valence-electron chi connectivity index (χ3n) is 2.74. The van der Waals surface area contributed by atoms with Crippen LogP contribution in [-0.4, -0.2) is 5.78 Å². The number of halogens is 3. The molecular weight excluding hydrogens is 347 g/mol. The lowest BCUT2D eigenvalue weighted by Crippen LogP contribution is -2.02. The Balaban J connectivity index is 2.24. The largest absolute Gasteiger partial charge is 0.488 e. The van der Waals surface area contributed by atoms with E-state index in [0.717, 1.165) is 4.47 Å². The molecule has 2 aromatic carbocycles. The second-order valence-electron chi connectivity index (χ2n) is 4.20. The van der Waals surface area contributed by atoms with Crippen LogP contribution >= 0.6 is 27.5 Å². The van der Waals surface area contributed by atoms with Crippen molar-refractivity contribution in [1.82, 2.24) is 0 Å². The van der Waals surface area contributed by atoms with Gasteiger partial charge in [0.05, 0.1) is 10.6 Å². The molecule has 0 fully saturated rings. The minimum Gasteiger partial charge on any atom is -0.488 e. The number of hydrogen-bond donors (Lipinski definition) is 0. The van der Waals surface area contributed by atoms with Gasteiger partial charge in [0, 0.05) is 10.0 Å². The van der Waals surface area contributed by atoms with E-state index >= 15 is 0 Å². The highest BCUT2D eigenvalue weighted by atomic mass is 79.9. The van der Waals surface area contributed by atoms with Crippen LogP contribution in [0.2, 0.25) is 5.02 Å². The number of hydrogen-bond acceptors (Lipinski definition) is 2. The van der Waals surface area contributed by atoms with E-state index in [1.54, 1.807) is 30.3 Å². The van der Waals surface area contributed by atoms with Gasteiger partial charge in [0.1, 0.15) is 18.2 Å². The van der Waals surface area contributed by atoms with Crippen LogP contribution < -0.4 is 4.74 Å². The van der Waals surface area contributed by atoms with Crippen molar-refractivity contribution in [3.8, 4) is 5.75 Å². The number of ether oxygens (including phenoxy) is 1. The van der Waals surface area contributed by atoms with E-state index in [9.17, 15) is 9.18 Å². The zero-order valence-corrected chi connectivity index (χ0v) is 13.0. The fourth-order valence-corrected chi connectivity index (χ4v) is 2.24. The lowest BCUT2D eigenvalue weighted by Gasteiger charge is -2.11. The van der Waals surface area contributed by atoms with E-state index in [1.165, 1.54) is 13.0 Å². The van der Waals surface area contributed by atoms with Crippen molar-refractivity contribution in [2.75, 3.05) is 0 Å². The molecule has 0 unspecified atom stereocenters. The van der Waals surface area contributed by atoms with Crippen LogP contribution in [0.1, 0.15) is 22.8 Å². The first-order valence-corrected chi connectivity index (χ1v) is 7.02. The van der Waals surface area contributed by atoms with Gasteiger partial charge in [-0.15, -0.1) is 0 Å². The maximum Gasteiger partial charge on any atom is 0.163 e. The summed E-state index contributed by atoms with van der Waals surface area (Å²) in [4.78, 5) is 11.5. The summed E-state index contributed by atoms with van der Waals surface area (Å²) in [7, 11) is 0. The molecule has 0 radical (unpaired) electrons. The topological polar surface area (TPSA) is 26.3 Å². The zero-order chi connectivity index (χ0) is 14.7. The van der Waals surface area contributed by atoms with Gasteiger partial charge in [-0.3, -0.25) is 4.79 Å². The van der Waals surface area contributed by atoms with Crippen molar-refractivity contribution in [2.45, 2.75) is 13.5 Å². The normalized spacial score (nSPS) is 10.4. The summed E-state index contributed by atoms with van der Waals surface area (Å²) in [6, 6.07) is 9.66. The molecule has 104 valence electrons. The van der Waals surface area contributed by atoms with Gasteiger partial charge in [-0.2, -0.15) is 0 Å². The number of carbonyl (C=O) groups is 1. The van der Waals surface area contributed by atoms with Crippen LogP contribution in [0.3, 0.4) is 0 Å². The van der Waals surface area contributed by atoms with Crippen molar-refractivity contribution in [2.24, 2.45) is 0 Å². The number of benzene rings is 2. The smallest absolute Gasteiger partial charge is 0.163 e. The highest BCUT2D eigenvalue weighted by molar-refractivity contribution is 9.10. The quantitative estimate of drug-likeness (QED) is 0.718. The van der Waals surface area contributed by atoms with E-state index in [0.29, 0.717) is 16.9 Å². The van der Waals surface area contributed by atoms with Gasteiger partial charge in [-0.1, -0.05) is 39.7 Å². The van der Waals surface area contributed by atoms with Gasteiger partial charge in [0.25, 0.3) is 0 Å². The monoisotopic (exact) mass is 356 g/mol. The summed E-state index contributed by atoms with van der Waals surface area (Å²) in [6.07, 6.45) is 0. The van der Waals surface area contributed by atoms with E-state index in [-0.39, 0.29) is 17.4 Å². The number of ketones is 1. The first-order chi connectivity index (χ1) is 9.49. The lowest BCUT2D eigenvalue weighted by molar-refractivity contribution is 0.101. The van der Waals surface area contributed by atoms with E-state index in [4.69, 9.17) is 16.3 Å². The molecule has 0 aromatic heterocycles. The van der Waals surface area contributed by atoms with Crippen LogP contribution in [0.4, 0.5) is 4.39 Å². The first kappa shape index (κ1) is 15.0. The van der Waals surface area contributed by atoms with E-state index in [1.807, 2.05) is 0 Å². The standard InChI is InChI=1S/C15H11BrClFO2/c1-9(19)12-6-5-11(16)7-14(12)20-8-10-3-2-4-13(18)15(10)17/h2-7H,8H2,1H3. The Labute approximate surface area is 129 Å². The summed E-state index contributed by atoms with van der Waals surface area (Å²) in [5.74, 6) is -0.154. The molecule has 0 amide bonds. The molecule has 0 aliphatic rings. The highest BCUT2D eigenvalue weighted by Crippen LogP contribution is 2.27. The third kappa shape index (κ3) is 3.38. The fourth-order valence-electron chi connectivity index (χ4n) is 1.72. The van der Waals surface area contributed by atoms with Gasteiger partial charge in [-0.05, 0) is 31.2 Å². The van der Waals surface area contributed by atoms with Gasteiger partial charge in [0.15, 0.2) is 5.78 Å². The molecule has 20 heavy (non-hydrogen) atoms. The van der Waals surface area contributed by atoms with Crippen LogP contribution in [0, 0.1) is 5.82 Å². The molecule has 2 aromatic rings. The van der Waals surface area contributed by atoms with Crippen molar-refractivity contribution in [1.29, 1.82) is 0 Å². The highest BCUT2D eigenvalue weighted by Gasteiger charge is 2.11. The van der Waals surface area contributed by atoms with Crippen LogP contribution in [0.5, 0.6) is 5.75 Å². The van der Waals surface area contributed by atoms with Gasteiger partial charge in [0.2, 0.25) is 0 Å². The van der Waals surface area contributed by atoms with Crippen molar-refractivity contribution < 1.29 is 13.9 Å². The molecule has 0 spiro atoms. The molecule has 0 aliphatic heterocycles. The Bertz CT molecular complexity index is 658. The average molecular weight is 358 g/mol. The Kier molecular flexibility index (Phi) is 4.78. The molecule has 2 rings (SSSR count). The number of rotatable bonds is 4. The van der Waals surface area contributed by atoms with E-state index in [2.05, 4.69) is 15.9 Å². The Morgan fingerprint density at radius 3 is 2.80 bits per heavy atom. The molecule has 0 heterocycles. The first-order valence-electron chi connectivity index (χ1n) is 5.85. The van der Waals surface area contributed by atoms with Crippen molar-refractivity contribution >= 4 is 33.3 Å². The zero-order valence-electron chi connectivity index (χ0n) is 10.6. The summed E-state index contributed by atoms with van der Waals surface area (Å²) >= 11 is 9.18. The summed E-state index contributed by atoms with van der Waals surface area (Å²) < 4.78 is 19.7. The molecule has 5 heteroatoms. The van der Waals surface area contributed by atoms with Crippen molar-refractivity contribution in [3.63, 3.8) is 0 Å². The maximum absolute atomic E-state index is 13.3. The van der Waals surface area contributed by atoms with Crippen LogP contribution in [0.25, 0.3) is 0 Å². The van der Waals surface area contributed by atoms with Crippen LogP contribution in [-0.2, 0) is 6.61 Å². The average Bonchev–Trinajstić information content (AvgIpc) is 2.40. The van der Waals surface area contributed by atoms with Crippen molar-refractivity contribution in [3.05, 3.63) is 62.8 Å². The molecule has 0 bridgehead atoms. The lowest BCUT2D eigenvalue weighted by atomic mass is 10.1. The number of Topliss-reactive ketones (excluding diaryl/α,β-unsaturated/α-hetero) is 1. The SMILES string of the molecule is CC(=O)c1ccc(Br)cc1OCc1cccc(F)c1Cl. The van der Waals surface area contributed by atoms with Gasteiger partial charge >= 0.3 is 0 Å². The second kappa shape index (κ2) is 6.37. The Morgan fingerprint density at radius 2 is 2.10 bits per heavy atom. The summed E-state index contributed by atoms with van der Waals surface area (Å²) in [5.41, 5.74) is 1.00. The van der Waals surface area contributed by atoms with Gasteiger partial charge in [-0.25, -0.2) is 4.39 Å². The minimum atomic E-state index is -0.492. The molecule has 2 nitrogen and oxygen atoms in total. The molecule has 0 atom stereocenters. The number of carbonyl (C=O) groups excluding carboxylic acids is 1. The van der Waals surface area contributed by atoms with Gasteiger partial charge < -0.3 is 4.74 Å². The molecular formula is C15H11BrClFO2. The van der Waals surface area contributed by atoms with Crippen LogP contribution in [0.15, 0.2) is 40.9 Å². The molecule has 0 saturated carbocycles. The Hall–Kier alpha value is -1.39. The molecule has 0 aliphatic carbocycles. The predicted molar refractivity (Wildman–Crippen MR) is 79.9 cm³/mol. The molecule has 0 saturated heterocycles. The predicted octanol–water partition coefficient (Wildman–Crippen LogP) is 5.02. The minimum absolute atomic E-state index is 0.0341. The maximum atomic E-state index is 13.3. The summed E-state index contributed by atoms with van der Waals surface area (Å²) in [6.45, 7) is 1.55. The summed E-state index contributed by atoms with van der Waals surface area (Å²) in [5, 5.41) is 0.0341. The second-order valence-corrected chi connectivity index (χ2v) is 5.49. The van der Waals surface area contributed by atoms with E-state index < -0.39 is 5.82 Å². The fraction of sp³-hybridized carbons (Fsp3) is 0.133. The third-order valence-corrected chi connectivity index (χ3v) is 3.65. The Morgan fingerprint density at radius 1 is 1.35 bits per heavy atom.